The third-order valence-electron chi connectivity index (χ3n) is 10.6. The van der Waals surface area contributed by atoms with Crippen LogP contribution in [0.3, 0.4) is 0 Å². The molecule has 0 atom stereocenters. The lowest BCUT2D eigenvalue weighted by molar-refractivity contribution is 0.794. The van der Waals surface area contributed by atoms with Gasteiger partial charge in [0.25, 0.3) is 0 Å². The maximum absolute atomic E-state index is 5.52. The first-order valence-electron chi connectivity index (χ1n) is 16.5. The maximum atomic E-state index is 5.52. The monoisotopic (exact) mass is 609 g/mol. The van der Waals surface area contributed by atoms with Crippen LogP contribution in [0.4, 0.5) is 0 Å². The standard InChI is InChI=1S/C45H27N3/c1-7-21-35-28(14-1)29-15-2-8-22-36(29)45(35)37-23-9-3-18-32(37)42-34(20-13-24-38(42)45)43-46-39-25-10-4-19-33(39)44(47-43)48-40-26-11-5-16-30(40)31-17-6-12-27-41(31)48/h1-27H. The number of hydrogen-bond acceptors (Lipinski definition) is 2. The minimum atomic E-state index is -0.415. The molecule has 0 radical (unpaired) electrons. The number of aromatic nitrogens is 3. The summed E-state index contributed by atoms with van der Waals surface area (Å²) in [6.07, 6.45) is 0. The van der Waals surface area contributed by atoms with E-state index in [4.69, 9.17) is 9.97 Å². The van der Waals surface area contributed by atoms with Gasteiger partial charge in [-0.1, -0.05) is 140 Å². The van der Waals surface area contributed by atoms with Crippen molar-refractivity contribution in [1.29, 1.82) is 0 Å². The molecule has 2 aliphatic rings. The summed E-state index contributed by atoms with van der Waals surface area (Å²) in [6.45, 7) is 0. The molecule has 0 aliphatic heterocycles. The summed E-state index contributed by atoms with van der Waals surface area (Å²) < 4.78 is 2.32. The highest BCUT2D eigenvalue weighted by Crippen LogP contribution is 2.63. The molecule has 2 aliphatic carbocycles. The molecule has 222 valence electrons. The van der Waals surface area contributed by atoms with E-state index >= 15 is 0 Å². The van der Waals surface area contributed by atoms with Crippen molar-refractivity contribution in [2.24, 2.45) is 0 Å². The number of fused-ring (bicyclic) bond motifs is 14. The SMILES string of the molecule is c1ccc2c(c1)-c1ccccc1C21c2ccccc2-c2c(-c3nc(-n4c5ccccc5c5ccccc54)c4ccccc4n3)cccc21. The lowest BCUT2D eigenvalue weighted by Gasteiger charge is -2.30. The van der Waals surface area contributed by atoms with E-state index in [-0.39, 0.29) is 0 Å². The van der Waals surface area contributed by atoms with E-state index < -0.39 is 5.41 Å². The molecular weight excluding hydrogens is 583 g/mol. The highest BCUT2D eigenvalue weighted by atomic mass is 15.1. The zero-order valence-corrected chi connectivity index (χ0v) is 25.9. The van der Waals surface area contributed by atoms with Crippen molar-refractivity contribution in [2.45, 2.75) is 5.41 Å². The molecule has 0 N–H and O–H groups in total. The first-order chi connectivity index (χ1) is 23.8. The first kappa shape index (κ1) is 25.8. The molecule has 0 fully saturated rings. The first-order valence-corrected chi connectivity index (χ1v) is 16.5. The van der Waals surface area contributed by atoms with Crippen molar-refractivity contribution in [3.8, 4) is 39.5 Å². The van der Waals surface area contributed by atoms with Crippen molar-refractivity contribution < 1.29 is 0 Å². The second-order valence-corrected chi connectivity index (χ2v) is 12.9. The van der Waals surface area contributed by atoms with Gasteiger partial charge >= 0.3 is 0 Å². The van der Waals surface area contributed by atoms with Crippen LogP contribution in [-0.4, -0.2) is 14.5 Å². The van der Waals surface area contributed by atoms with Crippen LogP contribution in [0.15, 0.2) is 164 Å². The van der Waals surface area contributed by atoms with Gasteiger partial charge < -0.3 is 0 Å². The van der Waals surface area contributed by atoms with Gasteiger partial charge in [0, 0.05) is 21.7 Å². The van der Waals surface area contributed by atoms with E-state index in [0.29, 0.717) is 0 Å². The Hall–Kier alpha value is -6.32. The quantitative estimate of drug-likeness (QED) is 0.195. The summed E-state index contributed by atoms with van der Waals surface area (Å²) in [7, 11) is 0. The molecule has 0 amide bonds. The number of benzene rings is 7. The topological polar surface area (TPSA) is 30.7 Å². The van der Waals surface area contributed by atoms with Crippen LogP contribution in [0.5, 0.6) is 0 Å². The Bertz CT molecular complexity index is 2710. The second kappa shape index (κ2) is 9.37. The van der Waals surface area contributed by atoms with Crippen LogP contribution in [0.25, 0.3) is 72.2 Å². The largest absolute Gasteiger partial charge is 0.293 e. The van der Waals surface area contributed by atoms with Gasteiger partial charge in [-0.2, -0.15) is 0 Å². The predicted octanol–water partition coefficient (Wildman–Crippen LogP) is 10.7. The van der Waals surface area contributed by atoms with E-state index in [9.17, 15) is 0 Å². The van der Waals surface area contributed by atoms with Crippen molar-refractivity contribution >= 4 is 32.7 Å². The average molecular weight is 610 g/mol. The van der Waals surface area contributed by atoms with Crippen molar-refractivity contribution in [3.05, 3.63) is 186 Å². The highest BCUT2D eigenvalue weighted by molar-refractivity contribution is 6.10. The Morgan fingerprint density at radius 2 is 0.854 bits per heavy atom. The molecule has 1 spiro atoms. The zero-order valence-electron chi connectivity index (χ0n) is 25.9. The summed E-state index contributed by atoms with van der Waals surface area (Å²) in [5.74, 6) is 1.62. The molecule has 0 saturated carbocycles. The van der Waals surface area contributed by atoms with Crippen molar-refractivity contribution in [3.63, 3.8) is 0 Å². The van der Waals surface area contributed by atoms with E-state index in [0.717, 1.165) is 39.1 Å². The second-order valence-electron chi connectivity index (χ2n) is 12.9. The maximum Gasteiger partial charge on any atom is 0.162 e. The van der Waals surface area contributed by atoms with E-state index in [1.54, 1.807) is 0 Å². The van der Waals surface area contributed by atoms with Gasteiger partial charge in [0.15, 0.2) is 5.82 Å². The van der Waals surface area contributed by atoms with Crippen LogP contribution in [0.2, 0.25) is 0 Å². The molecule has 0 bridgehead atoms. The van der Waals surface area contributed by atoms with Crippen LogP contribution in [0.1, 0.15) is 22.3 Å². The number of rotatable bonds is 2. The smallest absolute Gasteiger partial charge is 0.162 e. The average Bonchev–Trinajstić information content (AvgIpc) is 3.76. The summed E-state index contributed by atoms with van der Waals surface area (Å²) >= 11 is 0. The summed E-state index contributed by atoms with van der Waals surface area (Å²) in [6, 6.07) is 59.2. The Kier molecular flexibility index (Phi) is 5.04. The number of para-hydroxylation sites is 3. The third-order valence-corrected chi connectivity index (χ3v) is 10.6. The van der Waals surface area contributed by atoms with E-state index in [1.807, 2.05) is 0 Å². The molecule has 48 heavy (non-hydrogen) atoms. The normalized spacial score (nSPS) is 13.6. The summed E-state index contributed by atoms with van der Waals surface area (Å²) in [4.78, 5) is 10.8. The fraction of sp³-hybridized carbons (Fsp3) is 0.0222. The Balaban J connectivity index is 1.25. The molecule has 11 rings (SSSR count). The van der Waals surface area contributed by atoms with Crippen LogP contribution >= 0.6 is 0 Å². The number of nitrogens with zero attached hydrogens (tertiary/aromatic N) is 3. The van der Waals surface area contributed by atoms with Gasteiger partial charge in [-0.3, -0.25) is 4.57 Å². The molecule has 2 heterocycles. The lowest BCUT2D eigenvalue weighted by Crippen LogP contribution is -2.25. The van der Waals surface area contributed by atoms with Gasteiger partial charge in [-0.05, 0) is 68.8 Å². The van der Waals surface area contributed by atoms with Gasteiger partial charge in [-0.25, -0.2) is 9.97 Å². The number of hydrogen-bond donors (Lipinski definition) is 0. The Morgan fingerprint density at radius 3 is 1.52 bits per heavy atom. The van der Waals surface area contributed by atoms with Crippen LogP contribution in [-0.2, 0) is 5.41 Å². The Labute approximate surface area is 277 Å². The molecule has 0 saturated heterocycles. The fourth-order valence-electron chi connectivity index (χ4n) is 8.83. The van der Waals surface area contributed by atoms with Gasteiger partial charge in [0.2, 0.25) is 0 Å². The van der Waals surface area contributed by atoms with E-state index in [1.165, 1.54) is 55.3 Å². The van der Waals surface area contributed by atoms with Gasteiger partial charge in [0.1, 0.15) is 5.82 Å². The van der Waals surface area contributed by atoms with Crippen molar-refractivity contribution in [1.82, 2.24) is 14.5 Å². The fourth-order valence-corrected chi connectivity index (χ4v) is 8.83. The molecule has 9 aromatic rings. The molecule has 2 aromatic heterocycles. The predicted molar refractivity (Wildman–Crippen MR) is 196 cm³/mol. The molecular formula is C45H27N3. The minimum Gasteiger partial charge on any atom is -0.293 e. The molecule has 0 unspecified atom stereocenters. The zero-order chi connectivity index (χ0) is 31.4. The van der Waals surface area contributed by atoms with Crippen LogP contribution in [0, 0.1) is 0 Å². The minimum absolute atomic E-state index is 0.415. The van der Waals surface area contributed by atoms with E-state index in [2.05, 4.69) is 168 Å². The summed E-state index contributed by atoms with van der Waals surface area (Å²) in [5, 5.41) is 3.45. The third kappa shape index (κ3) is 3.13. The van der Waals surface area contributed by atoms with Crippen LogP contribution < -0.4 is 0 Å². The van der Waals surface area contributed by atoms with Gasteiger partial charge in [-0.15, -0.1) is 0 Å². The molecule has 3 nitrogen and oxygen atoms in total. The summed E-state index contributed by atoms with van der Waals surface area (Å²) in [5.41, 5.74) is 14.1. The molecule has 3 heteroatoms. The Morgan fingerprint density at radius 1 is 0.375 bits per heavy atom. The highest BCUT2D eigenvalue weighted by Gasteiger charge is 2.52. The van der Waals surface area contributed by atoms with Gasteiger partial charge in [0.05, 0.1) is 22.0 Å². The van der Waals surface area contributed by atoms with Crippen molar-refractivity contribution in [2.75, 3.05) is 0 Å². The lowest BCUT2D eigenvalue weighted by atomic mass is 9.70. The molecule has 7 aromatic carbocycles.